The van der Waals surface area contributed by atoms with Gasteiger partial charge in [-0.2, -0.15) is 26.3 Å². The Hall–Kier alpha value is -4.90. The number of rotatable bonds is 6. The molecule has 0 aliphatic heterocycles. The van der Waals surface area contributed by atoms with E-state index in [9.17, 15) is 26.3 Å². The zero-order valence-corrected chi connectivity index (χ0v) is 30.0. The van der Waals surface area contributed by atoms with E-state index in [2.05, 4.69) is 42.7 Å². The van der Waals surface area contributed by atoms with Crippen LogP contribution in [0.15, 0.2) is 133 Å². The van der Waals surface area contributed by atoms with Gasteiger partial charge in [-0.1, -0.05) is 121 Å². The number of aryl methyl sites for hydroxylation is 2. The Labute approximate surface area is 297 Å². The second-order valence-corrected chi connectivity index (χ2v) is 19.2. The molecule has 5 aromatic carbocycles. The summed E-state index contributed by atoms with van der Waals surface area (Å²) in [6.45, 7) is -1.76. The van der Waals surface area contributed by atoms with Gasteiger partial charge in [0, 0.05) is 10.8 Å². The number of alkyl halides is 6. The monoisotopic (exact) mass is 740 g/mol. The molecule has 2 nitrogen and oxygen atoms in total. The molecule has 2 aromatic heterocycles. The van der Waals surface area contributed by atoms with E-state index in [0.29, 0.717) is 21.8 Å². The van der Waals surface area contributed by atoms with Crippen LogP contribution in [-0.4, -0.2) is 22.6 Å². The lowest BCUT2D eigenvalue weighted by molar-refractivity contribution is -0.138. The molecule has 262 valence electrons. The van der Waals surface area contributed by atoms with Gasteiger partial charge in [0.25, 0.3) is 0 Å². The molecule has 0 N–H and O–H groups in total. The van der Waals surface area contributed by atoms with Crippen molar-refractivity contribution in [1.29, 1.82) is 0 Å². The molecular formula is C42H32F6N2P2. The third-order valence-corrected chi connectivity index (χ3v) is 16.2. The molecule has 52 heavy (non-hydrogen) atoms. The van der Waals surface area contributed by atoms with E-state index in [-0.39, 0.29) is 5.30 Å². The minimum atomic E-state index is -4.65. The molecule has 0 saturated heterocycles. The van der Waals surface area contributed by atoms with Crippen LogP contribution in [0.3, 0.4) is 0 Å². The Bertz CT molecular complexity index is 2570. The summed E-state index contributed by atoms with van der Waals surface area (Å²) in [7, 11) is 0. The molecule has 0 spiro atoms. The van der Waals surface area contributed by atoms with Crippen LogP contribution in [0.5, 0.6) is 0 Å². The molecule has 0 saturated carbocycles. The normalized spacial score (nSPS) is 14.6. The Morgan fingerprint density at radius 2 is 0.885 bits per heavy atom. The highest BCUT2D eigenvalue weighted by Crippen LogP contribution is 2.45. The van der Waals surface area contributed by atoms with Crippen molar-refractivity contribution in [3.05, 3.63) is 156 Å². The van der Waals surface area contributed by atoms with Crippen LogP contribution in [0, 0.1) is 13.8 Å². The molecule has 2 atom stereocenters. The minimum Gasteiger partial charge on any atom is -0.245 e. The largest absolute Gasteiger partial charge is 0.416 e. The van der Waals surface area contributed by atoms with Gasteiger partial charge in [-0.25, -0.2) is 9.97 Å². The second-order valence-electron chi connectivity index (χ2n) is 12.9. The lowest BCUT2D eigenvalue weighted by atomic mass is 10.1. The Balaban J connectivity index is 1.49. The number of hydrogen-bond donors (Lipinski definition) is 0. The van der Waals surface area contributed by atoms with Gasteiger partial charge in [-0.05, 0) is 85.2 Å². The smallest absolute Gasteiger partial charge is 0.245 e. The van der Waals surface area contributed by atoms with Gasteiger partial charge in [-0.15, -0.1) is 0 Å². The van der Waals surface area contributed by atoms with Crippen LogP contribution in [0.2, 0.25) is 0 Å². The summed E-state index contributed by atoms with van der Waals surface area (Å²) in [5, 5.41) is 4.20. The molecule has 2 unspecified atom stereocenters. The van der Waals surface area contributed by atoms with Crippen molar-refractivity contribution in [2.24, 2.45) is 0 Å². The summed E-state index contributed by atoms with van der Waals surface area (Å²) in [6.07, 6.45) is 0.147. The Kier molecular flexibility index (Phi) is 8.84. The van der Waals surface area contributed by atoms with Gasteiger partial charge >= 0.3 is 12.4 Å². The van der Waals surface area contributed by atoms with E-state index in [1.54, 1.807) is 6.07 Å². The average Bonchev–Trinajstić information content (AvgIpc) is 3.13. The molecule has 0 aliphatic rings. The van der Waals surface area contributed by atoms with E-state index >= 15 is 0 Å². The zero-order chi connectivity index (χ0) is 37.1. The lowest BCUT2D eigenvalue weighted by Crippen LogP contribution is -2.29. The van der Waals surface area contributed by atoms with Crippen LogP contribution < -0.4 is 32.1 Å². The standard InChI is InChI=1S/C42H32F6N2P2/c1-27-11-19-33(20-12-27)51(3,35-9-5-7-28(2)25-35)37-23-15-29-13-14-30-16-24-38(50-40(30)39(29)49-37)52(4,34-21-17-31(18-22-34)41(43,44)45)36-10-6-8-32(26-36)42(46,47)48/h5-26H,3-4H2,1-2H3. The van der Waals surface area contributed by atoms with Gasteiger partial charge in [0.15, 0.2) is 0 Å². The van der Waals surface area contributed by atoms with E-state index in [0.717, 1.165) is 62.2 Å². The molecule has 0 amide bonds. The molecule has 0 bridgehead atoms. The van der Waals surface area contributed by atoms with Crippen LogP contribution in [0.1, 0.15) is 22.3 Å². The van der Waals surface area contributed by atoms with Crippen molar-refractivity contribution in [3.63, 3.8) is 0 Å². The van der Waals surface area contributed by atoms with Gasteiger partial charge < -0.3 is 0 Å². The fraction of sp³-hybridized carbons (Fsp3) is 0.0952. The maximum absolute atomic E-state index is 14.0. The molecule has 7 aromatic rings. The third kappa shape index (κ3) is 6.29. The first-order chi connectivity index (χ1) is 24.6. The summed E-state index contributed by atoms with van der Waals surface area (Å²) in [6, 6.07) is 37.1. The number of benzene rings is 5. The summed E-state index contributed by atoms with van der Waals surface area (Å²) < 4.78 is 82.7. The van der Waals surface area contributed by atoms with Gasteiger partial charge in [0.2, 0.25) is 0 Å². The van der Waals surface area contributed by atoms with Crippen molar-refractivity contribution < 1.29 is 26.3 Å². The van der Waals surface area contributed by atoms with Gasteiger partial charge in [0.1, 0.15) is 0 Å². The maximum Gasteiger partial charge on any atom is 0.416 e. The van der Waals surface area contributed by atoms with E-state index in [4.69, 9.17) is 16.3 Å². The highest BCUT2D eigenvalue weighted by molar-refractivity contribution is 7.93. The molecule has 0 fully saturated rings. The van der Waals surface area contributed by atoms with Gasteiger partial charge in [0.05, 0.1) is 33.0 Å². The molecule has 0 radical (unpaired) electrons. The van der Waals surface area contributed by atoms with E-state index in [1.165, 1.54) is 24.3 Å². The van der Waals surface area contributed by atoms with Gasteiger partial charge in [-0.3, -0.25) is 0 Å². The number of nitrogens with zero attached hydrogens (tertiary/aromatic N) is 2. The SMILES string of the molecule is C=P(c1ccc(C)cc1)(c1cccc(C)c1)c1ccc2ccc3ccc(P(=C)(c4ccc(C(F)(F)F)cc4)c4cccc(C(F)(F)F)c4)nc3c2n1. The molecule has 0 aliphatic carbocycles. The first-order valence-electron chi connectivity index (χ1n) is 16.3. The van der Waals surface area contributed by atoms with Crippen LogP contribution >= 0.6 is 13.8 Å². The molecule has 2 heterocycles. The summed E-state index contributed by atoms with van der Waals surface area (Å²) in [5.74, 6) is 0. The number of halogens is 6. The van der Waals surface area contributed by atoms with Crippen molar-refractivity contribution >= 4 is 80.3 Å². The first-order valence-corrected chi connectivity index (χ1v) is 20.2. The maximum atomic E-state index is 14.0. The first kappa shape index (κ1) is 35.5. The fourth-order valence-electron chi connectivity index (χ4n) is 6.49. The molecular weight excluding hydrogens is 708 g/mol. The number of aromatic nitrogens is 2. The third-order valence-electron chi connectivity index (χ3n) is 9.44. The lowest BCUT2D eigenvalue weighted by Gasteiger charge is -2.27. The summed E-state index contributed by atoms with van der Waals surface area (Å²) >= 11 is 0. The number of fused-ring (bicyclic) bond motifs is 3. The zero-order valence-electron chi connectivity index (χ0n) is 28.2. The van der Waals surface area contributed by atoms with Crippen molar-refractivity contribution in [2.75, 3.05) is 0 Å². The topological polar surface area (TPSA) is 25.8 Å². The van der Waals surface area contributed by atoms with E-state index < -0.39 is 37.3 Å². The molecule has 10 heteroatoms. The highest BCUT2D eigenvalue weighted by Gasteiger charge is 2.34. The number of hydrogen-bond acceptors (Lipinski definition) is 2. The summed E-state index contributed by atoms with van der Waals surface area (Å²) in [5.41, 5.74) is 2.65. The quantitative estimate of drug-likeness (QED) is 0.0968. The summed E-state index contributed by atoms with van der Waals surface area (Å²) in [4.78, 5) is 10.4. The minimum absolute atomic E-state index is 0.226. The molecule has 7 rings (SSSR count). The van der Waals surface area contributed by atoms with Crippen molar-refractivity contribution in [3.8, 4) is 0 Å². The average molecular weight is 741 g/mol. The predicted molar refractivity (Wildman–Crippen MR) is 208 cm³/mol. The predicted octanol–water partition coefficient (Wildman–Crippen LogP) is 8.89. The fourth-order valence-corrected chi connectivity index (χ4v) is 12.1. The van der Waals surface area contributed by atoms with Crippen LogP contribution in [0.25, 0.3) is 21.8 Å². The Morgan fingerprint density at radius 1 is 0.442 bits per heavy atom. The van der Waals surface area contributed by atoms with Crippen LogP contribution in [0.4, 0.5) is 26.3 Å². The second kappa shape index (κ2) is 12.9. The Morgan fingerprint density at radius 3 is 1.37 bits per heavy atom. The van der Waals surface area contributed by atoms with E-state index in [1.807, 2.05) is 56.3 Å². The number of pyridine rings is 2. The van der Waals surface area contributed by atoms with Crippen molar-refractivity contribution in [1.82, 2.24) is 9.97 Å². The van der Waals surface area contributed by atoms with Crippen LogP contribution in [-0.2, 0) is 12.4 Å². The van der Waals surface area contributed by atoms with Crippen molar-refractivity contribution in [2.45, 2.75) is 26.2 Å². The highest BCUT2D eigenvalue weighted by atomic mass is 31.2.